The molecule has 1 aliphatic rings. The zero-order valence-corrected chi connectivity index (χ0v) is 9.72. The molecule has 1 saturated carbocycles. The molecule has 0 atom stereocenters. The topological polar surface area (TPSA) is 74.7 Å². The van der Waals surface area contributed by atoms with Crippen LogP contribution in [0.3, 0.4) is 0 Å². The van der Waals surface area contributed by atoms with Crippen LogP contribution >= 0.6 is 0 Å². The molecule has 4 nitrogen and oxygen atoms in total. The molecule has 0 unspecified atom stereocenters. The monoisotopic (exact) mass is 223 g/mol. The lowest BCUT2D eigenvalue weighted by molar-refractivity contribution is 0.434. The first-order valence-electron chi connectivity index (χ1n) is 6.32. The van der Waals surface area contributed by atoms with E-state index in [9.17, 15) is 4.79 Å². The number of nitrogens with two attached hydrogens (primary N) is 1. The molecule has 0 radical (unpaired) electrons. The van der Waals surface area contributed by atoms with E-state index in [1.807, 2.05) is 0 Å². The van der Waals surface area contributed by atoms with Gasteiger partial charge in [-0.2, -0.15) is 0 Å². The third kappa shape index (κ3) is 2.38. The fourth-order valence-electron chi connectivity index (χ4n) is 2.66. The van der Waals surface area contributed by atoms with Gasteiger partial charge < -0.3 is 10.8 Å². The zero-order chi connectivity index (χ0) is 11.4. The number of nitrogens with one attached hydrogen (secondary N) is 2. The Hall–Kier alpha value is -1.03. The van der Waals surface area contributed by atoms with Crippen LogP contribution in [0.15, 0.2) is 4.79 Å². The van der Waals surface area contributed by atoms with E-state index in [-0.39, 0.29) is 5.56 Å². The highest BCUT2D eigenvalue weighted by atomic mass is 16.1. The van der Waals surface area contributed by atoms with Gasteiger partial charge in [-0.3, -0.25) is 9.89 Å². The minimum absolute atomic E-state index is 0.0500. The van der Waals surface area contributed by atoms with Gasteiger partial charge in [0.05, 0.1) is 0 Å². The first-order valence-corrected chi connectivity index (χ1v) is 6.32. The van der Waals surface area contributed by atoms with Crippen LogP contribution in [0.4, 0.5) is 0 Å². The molecule has 1 heterocycles. The first-order chi connectivity index (χ1) is 7.83. The largest absolute Gasteiger partial charge is 0.330 e. The van der Waals surface area contributed by atoms with E-state index in [2.05, 4.69) is 10.2 Å². The highest BCUT2D eigenvalue weighted by molar-refractivity contribution is 5.21. The number of rotatable bonds is 4. The van der Waals surface area contributed by atoms with Crippen molar-refractivity contribution >= 4 is 0 Å². The number of aromatic amines is 2. The zero-order valence-electron chi connectivity index (χ0n) is 9.72. The Balaban J connectivity index is 2.15. The predicted octanol–water partition coefficient (Wildman–Crippen LogP) is 1.64. The van der Waals surface area contributed by atoms with Gasteiger partial charge in [-0.1, -0.05) is 19.3 Å². The smallest absolute Gasteiger partial charge is 0.267 e. The summed E-state index contributed by atoms with van der Waals surface area (Å²) in [5.74, 6) is 0.556. The van der Waals surface area contributed by atoms with E-state index < -0.39 is 0 Å². The molecule has 1 fully saturated rings. The van der Waals surface area contributed by atoms with Crippen molar-refractivity contribution in [3.8, 4) is 0 Å². The number of hydrogen-bond donors (Lipinski definition) is 3. The second-order valence-corrected chi connectivity index (χ2v) is 4.70. The summed E-state index contributed by atoms with van der Waals surface area (Å²) in [5, 5.41) is 5.80. The van der Waals surface area contributed by atoms with Crippen molar-refractivity contribution in [2.75, 3.05) is 6.54 Å². The van der Waals surface area contributed by atoms with E-state index in [1.54, 1.807) is 0 Å². The van der Waals surface area contributed by atoms with Crippen molar-refractivity contribution in [1.29, 1.82) is 0 Å². The highest BCUT2D eigenvalue weighted by Gasteiger charge is 2.21. The van der Waals surface area contributed by atoms with Crippen molar-refractivity contribution < 1.29 is 0 Å². The summed E-state index contributed by atoms with van der Waals surface area (Å²) in [4.78, 5) is 11.7. The van der Waals surface area contributed by atoms with Crippen molar-refractivity contribution in [2.45, 2.75) is 50.9 Å². The Bertz CT molecular complexity index is 374. The molecular weight excluding hydrogens is 202 g/mol. The maximum absolute atomic E-state index is 11.7. The normalized spacial score (nSPS) is 17.8. The molecule has 0 aromatic carbocycles. The molecule has 2 rings (SSSR count). The molecule has 1 aliphatic carbocycles. The summed E-state index contributed by atoms with van der Waals surface area (Å²) in [7, 11) is 0. The molecule has 0 aliphatic heterocycles. The van der Waals surface area contributed by atoms with Crippen molar-refractivity contribution in [3.63, 3.8) is 0 Å². The Kier molecular flexibility index (Phi) is 3.83. The van der Waals surface area contributed by atoms with Gasteiger partial charge in [-0.15, -0.1) is 0 Å². The molecule has 4 N–H and O–H groups in total. The maximum atomic E-state index is 11.7. The van der Waals surface area contributed by atoms with E-state index in [0.717, 1.165) is 24.1 Å². The number of H-pyrrole nitrogens is 2. The maximum Gasteiger partial charge on any atom is 0.267 e. The minimum atomic E-state index is 0.0500. The van der Waals surface area contributed by atoms with Gasteiger partial charge >= 0.3 is 0 Å². The number of hydrogen-bond acceptors (Lipinski definition) is 2. The fourth-order valence-corrected chi connectivity index (χ4v) is 2.66. The molecule has 90 valence electrons. The van der Waals surface area contributed by atoms with Gasteiger partial charge in [-0.25, -0.2) is 0 Å². The van der Waals surface area contributed by atoms with Gasteiger partial charge in [0.15, 0.2) is 0 Å². The first kappa shape index (κ1) is 11.5. The van der Waals surface area contributed by atoms with Crippen molar-refractivity contribution in [2.24, 2.45) is 5.73 Å². The van der Waals surface area contributed by atoms with E-state index in [0.29, 0.717) is 12.5 Å². The molecule has 4 heteroatoms. The van der Waals surface area contributed by atoms with E-state index >= 15 is 0 Å². The van der Waals surface area contributed by atoms with Crippen molar-refractivity contribution in [1.82, 2.24) is 10.2 Å². The van der Waals surface area contributed by atoms with Gasteiger partial charge in [0, 0.05) is 17.2 Å². The van der Waals surface area contributed by atoms with E-state index in [4.69, 9.17) is 5.73 Å². The Morgan fingerprint density at radius 2 is 1.94 bits per heavy atom. The van der Waals surface area contributed by atoms with Crippen LogP contribution in [-0.2, 0) is 6.42 Å². The molecular formula is C12H21N3O. The molecule has 0 spiro atoms. The van der Waals surface area contributed by atoms with E-state index in [1.165, 1.54) is 32.1 Å². The van der Waals surface area contributed by atoms with Crippen LogP contribution in [0.1, 0.15) is 55.7 Å². The van der Waals surface area contributed by atoms with Crippen LogP contribution in [-0.4, -0.2) is 16.7 Å². The number of aromatic nitrogens is 2. The lowest BCUT2D eigenvalue weighted by Crippen LogP contribution is -2.13. The Morgan fingerprint density at radius 1 is 1.19 bits per heavy atom. The van der Waals surface area contributed by atoms with Crippen LogP contribution < -0.4 is 11.3 Å². The van der Waals surface area contributed by atoms with Crippen LogP contribution in [0, 0.1) is 0 Å². The molecule has 0 bridgehead atoms. The Labute approximate surface area is 95.6 Å². The van der Waals surface area contributed by atoms with Gasteiger partial charge in [0.1, 0.15) is 0 Å². The van der Waals surface area contributed by atoms with Crippen LogP contribution in [0.5, 0.6) is 0 Å². The average molecular weight is 223 g/mol. The summed E-state index contributed by atoms with van der Waals surface area (Å²) >= 11 is 0. The Morgan fingerprint density at radius 3 is 2.62 bits per heavy atom. The summed E-state index contributed by atoms with van der Waals surface area (Å²) < 4.78 is 0. The summed E-state index contributed by atoms with van der Waals surface area (Å²) in [6.45, 7) is 0.648. The summed E-state index contributed by atoms with van der Waals surface area (Å²) in [5.41, 5.74) is 7.64. The van der Waals surface area contributed by atoms with Crippen molar-refractivity contribution in [3.05, 3.63) is 21.6 Å². The SMILES string of the molecule is NCCCc1c(C2CCCCC2)[nH][nH]c1=O. The fraction of sp³-hybridized carbons (Fsp3) is 0.750. The molecule has 16 heavy (non-hydrogen) atoms. The van der Waals surface area contributed by atoms with Gasteiger partial charge in [0.2, 0.25) is 0 Å². The molecule has 0 saturated heterocycles. The predicted molar refractivity (Wildman–Crippen MR) is 64.6 cm³/mol. The van der Waals surface area contributed by atoms with Crippen LogP contribution in [0.2, 0.25) is 0 Å². The lowest BCUT2D eigenvalue weighted by Gasteiger charge is -2.21. The average Bonchev–Trinajstić information content (AvgIpc) is 2.69. The molecule has 1 aromatic rings. The highest BCUT2D eigenvalue weighted by Crippen LogP contribution is 2.32. The molecule has 0 amide bonds. The standard InChI is InChI=1S/C12H21N3O/c13-8-4-7-10-11(14-15-12(10)16)9-5-2-1-3-6-9/h9H,1-8,13H2,(H2,14,15,16). The molecule has 1 aromatic heterocycles. The summed E-state index contributed by atoms with van der Waals surface area (Å²) in [6.07, 6.45) is 8.03. The minimum Gasteiger partial charge on any atom is -0.330 e. The second kappa shape index (κ2) is 5.34. The third-order valence-corrected chi connectivity index (χ3v) is 3.55. The summed E-state index contributed by atoms with van der Waals surface area (Å²) in [6, 6.07) is 0. The second-order valence-electron chi connectivity index (χ2n) is 4.70. The lowest BCUT2D eigenvalue weighted by atomic mass is 9.85. The van der Waals surface area contributed by atoms with Gasteiger partial charge in [-0.05, 0) is 32.2 Å². The third-order valence-electron chi connectivity index (χ3n) is 3.55. The quantitative estimate of drug-likeness (QED) is 0.726. The van der Waals surface area contributed by atoms with Gasteiger partial charge in [0.25, 0.3) is 5.56 Å². The van der Waals surface area contributed by atoms with Crippen LogP contribution in [0.25, 0.3) is 0 Å².